The molecule has 13 heavy (non-hydrogen) atoms. The first-order valence-electron chi connectivity index (χ1n) is 4.61. The molecule has 0 amide bonds. The third-order valence-electron chi connectivity index (χ3n) is 1.64. The first-order chi connectivity index (χ1) is 6.43. The molecule has 1 aromatic rings. The second-order valence-electron chi connectivity index (χ2n) is 2.72. The molecule has 1 heterocycles. The van der Waals surface area contributed by atoms with Gasteiger partial charge in [-0.15, -0.1) is 0 Å². The average molecular weight is 200 g/mol. The van der Waals surface area contributed by atoms with Crippen molar-refractivity contribution in [3.63, 3.8) is 0 Å². The Morgan fingerprint density at radius 1 is 1.62 bits per heavy atom. The first kappa shape index (κ1) is 10.6. The molecule has 74 valence electrons. The van der Waals surface area contributed by atoms with Crippen LogP contribution in [-0.4, -0.2) is 23.2 Å². The van der Waals surface area contributed by atoms with E-state index >= 15 is 0 Å². The molecule has 3 nitrogen and oxygen atoms in total. The highest BCUT2D eigenvalue weighted by molar-refractivity contribution is 7.99. The average Bonchev–Trinajstić information content (AvgIpc) is 2.63. The van der Waals surface area contributed by atoms with E-state index in [0.717, 1.165) is 18.8 Å². The fraction of sp³-hybridized carbons (Fsp3) is 0.667. The number of hydrogen-bond acceptors (Lipinski definition) is 4. The molecule has 0 bridgehead atoms. The van der Waals surface area contributed by atoms with Crippen molar-refractivity contribution < 1.29 is 4.52 Å². The fourth-order valence-electron chi connectivity index (χ4n) is 0.989. The smallest absolute Gasteiger partial charge is 0.124 e. The summed E-state index contributed by atoms with van der Waals surface area (Å²) in [4.78, 5) is 0. The van der Waals surface area contributed by atoms with Gasteiger partial charge >= 0.3 is 0 Å². The van der Waals surface area contributed by atoms with Crippen molar-refractivity contribution in [2.45, 2.75) is 19.9 Å². The maximum atomic E-state index is 4.72. The number of rotatable bonds is 7. The minimum absolute atomic E-state index is 0.813. The Kier molecular flexibility index (Phi) is 5.69. The lowest BCUT2D eigenvalue weighted by atomic mass is 10.4. The van der Waals surface area contributed by atoms with Crippen LogP contribution in [0.5, 0.6) is 0 Å². The van der Waals surface area contributed by atoms with Gasteiger partial charge in [-0.25, -0.2) is 0 Å². The summed E-state index contributed by atoms with van der Waals surface area (Å²) >= 11 is 1.98. The monoisotopic (exact) mass is 200 g/mol. The molecule has 1 aromatic heterocycles. The summed E-state index contributed by atoms with van der Waals surface area (Å²) in [6.07, 6.45) is 2.82. The third kappa shape index (κ3) is 4.95. The van der Waals surface area contributed by atoms with E-state index in [1.54, 1.807) is 6.26 Å². The van der Waals surface area contributed by atoms with Crippen LogP contribution in [-0.2, 0) is 6.54 Å². The summed E-state index contributed by atoms with van der Waals surface area (Å²) < 4.78 is 4.72. The van der Waals surface area contributed by atoms with E-state index in [2.05, 4.69) is 17.4 Å². The summed E-state index contributed by atoms with van der Waals surface area (Å²) in [6.45, 7) is 4.06. The molecule has 0 saturated carbocycles. The summed E-state index contributed by atoms with van der Waals surface area (Å²) in [5.74, 6) is 2.45. The van der Waals surface area contributed by atoms with E-state index in [9.17, 15) is 0 Å². The fourth-order valence-corrected chi connectivity index (χ4v) is 1.63. The summed E-state index contributed by atoms with van der Waals surface area (Å²) in [6, 6.07) is 1.88. The third-order valence-corrected chi connectivity index (χ3v) is 2.63. The van der Waals surface area contributed by atoms with Crippen LogP contribution in [0.2, 0.25) is 0 Å². The van der Waals surface area contributed by atoms with E-state index in [1.807, 2.05) is 17.8 Å². The standard InChI is InChI=1S/C9H16N2OS/c1-2-13-7-3-5-10-8-9-4-6-12-11-9/h4,6,10H,2-3,5,7-8H2,1H3. The topological polar surface area (TPSA) is 38.1 Å². The number of nitrogens with zero attached hydrogens (tertiary/aromatic N) is 1. The molecule has 0 aliphatic carbocycles. The van der Waals surface area contributed by atoms with Crippen LogP contribution in [0.15, 0.2) is 16.9 Å². The SMILES string of the molecule is CCSCCCNCc1ccon1. The van der Waals surface area contributed by atoms with Gasteiger partial charge in [0.05, 0.1) is 5.69 Å². The quantitative estimate of drug-likeness (QED) is 0.682. The second kappa shape index (κ2) is 6.97. The lowest BCUT2D eigenvalue weighted by Crippen LogP contribution is -2.15. The summed E-state index contributed by atoms with van der Waals surface area (Å²) in [5, 5.41) is 7.12. The van der Waals surface area contributed by atoms with Gasteiger partial charge in [0.2, 0.25) is 0 Å². The van der Waals surface area contributed by atoms with Crippen LogP contribution in [0.4, 0.5) is 0 Å². The molecule has 0 radical (unpaired) electrons. The Labute approximate surface area is 83.3 Å². The van der Waals surface area contributed by atoms with E-state index in [0.29, 0.717) is 0 Å². The molecular formula is C9H16N2OS. The summed E-state index contributed by atoms with van der Waals surface area (Å²) in [5.41, 5.74) is 0.975. The predicted molar refractivity (Wildman–Crippen MR) is 55.8 cm³/mol. The van der Waals surface area contributed by atoms with Gasteiger partial charge in [-0.2, -0.15) is 11.8 Å². The Hall–Kier alpha value is -0.480. The lowest BCUT2D eigenvalue weighted by molar-refractivity contribution is 0.408. The van der Waals surface area contributed by atoms with Crippen LogP contribution >= 0.6 is 11.8 Å². The maximum Gasteiger partial charge on any atom is 0.124 e. The van der Waals surface area contributed by atoms with Crippen molar-refractivity contribution in [2.75, 3.05) is 18.1 Å². The largest absolute Gasteiger partial charge is 0.364 e. The van der Waals surface area contributed by atoms with E-state index in [4.69, 9.17) is 4.52 Å². The number of thioether (sulfide) groups is 1. The molecule has 0 aliphatic rings. The van der Waals surface area contributed by atoms with Crippen molar-refractivity contribution in [1.82, 2.24) is 10.5 Å². The molecule has 0 atom stereocenters. The molecule has 0 fully saturated rings. The zero-order valence-corrected chi connectivity index (χ0v) is 8.77. The number of aromatic nitrogens is 1. The van der Waals surface area contributed by atoms with Crippen LogP contribution in [0, 0.1) is 0 Å². The van der Waals surface area contributed by atoms with E-state index in [1.165, 1.54) is 17.9 Å². The van der Waals surface area contributed by atoms with E-state index in [-0.39, 0.29) is 0 Å². The van der Waals surface area contributed by atoms with Crippen LogP contribution in [0.3, 0.4) is 0 Å². The van der Waals surface area contributed by atoms with Crippen molar-refractivity contribution in [3.8, 4) is 0 Å². The first-order valence-corrected chi connectivity index (χ1v) is 5.76. The van der Waals surface area contributed by atoms with Gasteiger partial charge in [0.15, 0.2) is 0 Å². The van der Waals surface area contributed by atoms with Gasteiger partial charge in [0, 0.05) is 12.6 Å². The van der Waals surface area contributed by atoms with Crippen LogP contribution in [0.1, 0.15) is 19.0 Å². The second-order valence-corrected chi connectivity index (χ2v) is 4.11. The number of nitrogens with one attached hydrogen (secondary N) is 1. The van der Waals surface area contributed by atoms with Gasteiger partial charge in [-0.3, -0.25) is 0 Å². The highest BCUT2D eigenvalue weighted by atomic mass is 32.2. The van der Waals surface area contributed by atoms with Crippen LogP contribution in [0.25, 0.3) is 0 Å². The highest BCUT2D eigenvalue weighted by Crippen LogP contribution is 1.99. The zero-order chi connectivity index (χ0) is 9.36. The van der Waals surface area contributed by atoms with Gasteiger partial charge < -0.3 is 9.84 Å². The molecule has 0 saturated heterocycles. The molecule has 0 spiro atoms. The lowest BCUT2D eigenvalue weighted by Gasteiger charge is -2.00. The summed E-state index contributed by atoms with van der Waals surface area (Å²) in [7, 11) is 0. The Morgan fingerprint density at radius 2 is 2.54 bits per heavy atom. The molecular weight excluding hydrogens is 184 g/mol. The van der Waals surface area contributed by atoms with Crippen molar-refractivity contribution in [3.05, 3.63) is 18.0 Å². The van der Waals surface area contributed by atoms with Gasteiger partial charge in [-0.1, -0.05) is 12.1 Å². The zero-order valence-electron chi connectivity index (χ0n) is 7.95. The van der Waals surface area contributed by atoms with Crippen LogP contribution < -0.4 is 5.32 Å². The molecule has 1 rings (SSSR count). The molecule has 4 heteroatoms. The van der Waals surface area contributed by atoms with Gasteiger partial charge in [0.1, 0.15) is 6.26 Å². The highest BCUT2D eigenvalue weighted by Gasteiger charge is 1.94. The Bertz CT molecular complexity index is 201. The minimum Gasteiger partial charge on any atom is -0.364 e. The maximum absolute atomic E-state index is 4.72. The molecule has 0 aromatic carbocycles. The molecule has 0 unspecified atom stereocenters. The van der Waals surface area contributed by atoms with E-state index < -0.39 is 0 Å². The molecule has 1 N–H and O–H groups in total. The van der Waals surface area contributed by atoms with Gasteiger partial charge in [-0.05, 0) is 24.5 Å². The Morgan fingerprint density at radius 3 is 3.23 bits per heavy atom. The normalized spacial score (nSPS) is 10.5. The predicted octanol–water partition coefficient (Wildman–Crippen LogP) is 1.91. The minimum atomic E-state index is 0.813. The van der Waals surface area contributed by atoms with Crippen molar-refractivity contribution >= 4 is 11.8 Å². The number of hydrogen-bond donors (Lipinski definition) is 1. The molecule has 0 aliphatic heterocycles. The van der Waals surface area contributed by atoms with Crippen molar-refractivity contribution in [2.24, 2.45) is 0 Å². The van der Waals surface area contributed by atoms with Gasteiger partial charge in [0.25, 0.3) is 0 Å². The van der Waals surface area contributed by atoms with Crippen molar-refractivity contribution in [1.29, 1.82) is 0 Å². The Balaban J connectivity index is 1.90.